The molecular weight excluding hydrogens is 208 g/mol. The number of benzene rings is 1. The molecule has 0 saturated heterocycles. The summed E-state index contributed by atoms with van der Waals surface area (Å²) in [4.78, 5) is 21.8. The monoisotopic (exact) mass is 215 g/mol. The summed E-state index contributed by atoms with van der Waals surface area (Å²) < 4.78 is 25.5. The van der Waals surface area contributed by atoms with E-state index in [1.165, 1.54) is 7.05 Å². The Morgan fingerprint density at radius 1 is 1.20 bits per heavy atom. The van der Waals surface area contributed by atoms with Crippen molar-refractivity contribution in [3.05, 3.63) is 34.9 Å². The number of hydrogen-bond donors (Lipinski definition) is 2. The van der Waals surface area contributed by atoms with Crippen molar-refractivity contribution in [3.63, 3.8) is 0 Å². The minimum absolute atomic E-state index is 0.413. The Morgan fingerprint density at radius 2 is 1.67 bits per heavy atom. The molecule has 0 aromatic heterocycles. The van der Waals surface area contributed by atoms with Gasteiger partial charge in [0.05, 0.1) is 11.1 Å². The third-order valence-electron chi connectivity index (χ3n) is 1.76. The zero-order valence-corrected chi connectivity index (χ0v) is 7.67. The smallest absolute Gasteiger partial charge is 0.336 e. The Hall–Kier alpha value is -1.98. The van der Waals surface area contributed by atoms with Crippen LogP contribution in [-0.2, 0) is 0 Å². The summed E-state index contributed by atoms with van der Waals surface area (Å²) in [6.45, 7) is 0. The molecule has 0 spiro atoms. The van der Waals surface area contributed by atoms with E-state index >= 15 is 0 Å². The normalized spacial score (nSPS) is 9.80. The number of hydrogen-bond acceptors (Lipinski definition) is 2. The number of carbonyl (C=O) groups is 2. The predicted molar refractivity (Wildman–Crippen MR) is 46.7 cm³/mol. The molecule has 6 heteroatoms. The van der Waals surface area contributed by atoms with Crippen molar-refractivity contribution in [2.45, 2.75) is 0 Å². The van der Waals surface area contributed by atoms with Crippen molar-refractivity contribution in [2.75, 3.05) is 7.05 Å². The Labute approximate surface area is 83.5 Å². The first kappa shape index (κ1) is 11.1. The van der Waals surface area contributed by atoms with Crippen molar-refractivity contribution in [3.8, 4) is 0 Å². The molecule has 0 fully saturated rings. The Bertz CT molecular complexity index is 432. The molecule has 0 heterocycles. The van der Waals surface area contributed by atoms with Crippen molar-refractivity contribution >= 4 is 11.9 Å². The number of nitrogens with one attached hydrogen (secondary N) is 1. The van der Waals surface area contributed by atoms with Gasteiger partial charge in [-0.05, 0) is 12.1 Å². The van der Waals surface area contributed by atoms with Gasteiger partial charge in [-0.2, -0.15) is 0 Å². The van der Waals surface area contributed by atoms with E-state index in [0.717, 1.165) is 0 Å². The van der Waals surface area contributed by atoms with Crippen molar-refractivity contribution in [1.82, 2.24) is 5.32 Å². The number of halogens is 2. The van der Waals surface area contributed by atoms with E-state index in [-0.39, 0.29) is 0 Å². The summed E-state index contributed by atoms with van der Waals surface area (Å²) >= 11 is 0. The van der Waals surface area contributed by atoms with Crippen LogP contribution in [0.3, 0.4) is 0 Å². The molecule has 15 heavy (non-hydrogen) atoms. The standard InChI is InChI=1S/C9H7F2NO3/c1-12-8(13)4-2-6(10)7(11)3-5(4)9(14)15/h2-3H,1H3,(H,12,13)(H,14,15). The van der Waals surface area contributed by atoms with Gasteiger partial charge >= 0.3 is 5.97 Å². The van der Waals surface area contributed by atoms with Gasteiger partial charge in [0.15, 0.2) is 11.6 Å². The molecule has 1 rings (SSSR count). The number of amides is 1. The highest BCUT2D eigenvalue weighted by molar-refractivity contribution is 6.04. The molecule has 0 aliphatic carbocycles. The fourth-order valence-corrected chi connectivity index (χ4v) is 1.05. The summed E-state index contributed by atoms with van der Waals surface area (Å²) in [5.41, 5.74) is -0.989. The highest BCUT2D eigenvalue weighted by atomic mass is 19.2. The van der Waals surface area contributed by atoms with Gasteiger partial charge < -0.3 is 10.4 Å². The summed E-state index contributed by atoms with van der Waals surface area (Å²) in [5, 5.41) is 10.8. The minimum atomic E-state index is -1.49. The van der Waals surface area contributed by atoms with Gasteiger partial charge in [0.25, 0.3) is 5.91 Å². The molecule has 0 radical (unpaired) electrons. The first-order valence-electron chi connectivity index (χ1n) is 3.91. The second-order valence-corrected chi connectivity index (χ2v) is 2.70. The molecule has 0 atom stereocenters. The molecule has 0 saturated carbocycles. The van der Waals surface area contributed by atoms with Gasteiger partial charge in [-0.3, -0.25) is 4.79 Å². The van der Waals surface area contributed by atoms with E-state index in [9.17, 15) is 18.4 Å². The maximum Gasteiger partial charge on any atom is 0.336 e. The molecular formula is C9H7F2NO3. The van der Waals surface area contributed by atoms with Gasteiger partial charge in [-0.15, -0.1) is 0 Å². The summed E-state index contributed by atoms with van der Waals surface area (Å²) in [6, 6.07) is 1.03. The van der Waals surface area contributed by atoms with Crippen molar-refractivity contribution in [2.24, 2.45) is 0 Å². The molecule has 2 N–H and O–H groups in total. The molecule has 1 amide bonds. The van der Waals surface area contributed by atoms with Gasteiger partial charge in [0, 0.05) is 7.05 Å². The van der Waals surface area contributed by atoms with Crippen LogP contribution < -0.4 is 5.32 Å². The number of carboxylic acid groups (broad SMARTS) is 1. The Kier molecular flexibility index (Phi) is 2.99. The molecule has 0 aliphatic rings. The number of carboxylic acids is 1. The summed E-state index contributed by atoms with van der Waals surface area (Å²) in [5.74, 6) is -4.85. The zero-order chi connectivity index (χ0) is 11.6. The zero-order valence-electron chi connectivity index (χ0n) is 7.67. The lowest BCUT2D eigenvalue weighted by molar-refractivity contribution is 0.0690. The van der Waals surface area contributed by atoms with Crippen LogP contribution in [0.5, 0.6) is 0 Å². The topological polar surface area (TPSA) is 66.4 Å². The second kappa shape index (κ2) is 4.04. The van der Waals surface area contributed by atoms with E-state index in [2.05, 4.69) is 5.32 Å². The quantitative estimate of drug-likeness (QED) is 0.774. The highest BCUT2D eigenvalue weighted by Crippen LogP contribution is 2.15. The third kappa shape index (κ3) is 2.09. The SMILES string of the molecule is CNC(=O)c1cc(F)c(F)cc1C(=O)O. The van der Waals surface area contributed by atoms with E-state index in [0.29, 0.717) is 12.1 Å². The average Bonchev–Trinajstić information content (AvgIpc) is 2.20. The van der Waals surface area contributed by atoms with Crippen molar-refractivity contribution < 1.29 is 23.5 Å². The van der Waals surface area contributed by atoms with Gasteiger partial charge in [-0.25, -0.2) is 13.6 Å². The van der Waals surface area contributed by atoms with Gasteiger partial charge in [0.1, 0.15) is 0 Å². The van der Waals surface area contributed by atoms with Crippen LogP contribution in [0.15, 0.2) is 12.1 Å². The maximum absolute atomic E-state index is 12.8. The molecule has 0 bridgehead atoms. The van der Waals surface area contributed by atoms with Crippen LogP contribution in [0.25, 0.3) is 0 Å². The lowest BCUT2D eigenvalue weighted by Crippen LogP contribution is -2.21. The second-order valence-electron chi connectivity index (χ2n) is 2.70. The van der Waals surface area contributed by atoms with Crippen molar-refractivity contribution in [1.29, 1.82) is 0 Å². The minimum Gasteiger partial charge on any atom is -0.478 e. The first-order chi connectivity index (χ1) is 6.97. The summed E-state index contributed by atoms with van der Waals surface area (Å²) in [6.07, 6.45) is 0. The Balaban J connectivity index is 3.41. The van der Waals surface area contributed by atoms with E-state index in [1.54, 1.807) is 0 Å². The highest BCUT2D eigenvalue weighted by Gasteiger charge is 2.19. The van der Waals surface area contributed by atoms with Crippen LogP contribution in [-0.4, -0.2) is 24.0 Å². The summed E-state index contributed by atoms with van der Waals surface area (Å²) in [7, 11) is 1.26. The average molecular weight is 215 g/mol. The van der Waals surface area contributed by atoms with Gasteiger partial charge in [-0.1, -0.05) is 0 Å². The molecule has 4 nitrogen and oxygen atoms in total. The fourth-order valence-electron chi connectivity index (χ4n) is 1.05. The van der Waals surface area contributed by atoms with Crippen LogP contribution in [0.2, 0.25) is 0 Å². The molecule has 1 aromatic carbocycles. The van der Waals surface area contributed by atoms with E-state index in [1.807, 2.05) is 0 Å². The number of rotatable bonds is 2. The van der Waals surface area contributed by atoms with Crippen LogP contribution in [0, 0.1) is 11.6 Å². The molecule has 1 aromatic rings. The van der Waals surface area contributed by atoms with E-state index < -0.39 is 34.6 Å². The largest absolute Gasteiger partial charge is 0.478 e. The van der Waals surface area contributed by atoms with Crippen LogP contribution in [0.1, 0.15) is 20.7 Å². The molecule has 0 unspecified atom stereocenters. The predicted octanol–water partition coefficient (Wildman–Crippen LogP) is 1.02. The maximum atomic E-state index is 12.8. The number of aromatic carboxylic acids is 1. The fraction of sp³-hybridized carbons (Fsp3) is 0.111. The van der Waals surface area contributed by atoms with Gasteiger partial charge in [0.2, 0.25) is 0 Å². The first-order valence-corrected chi connectivity index (χ1v) is 3.91. The van der Waals surface area contributed by atoms with E-state index in [4.69, 9.17) is 5.11 Å². The Morgan fingerprint density at radius 3 is 2.07 bits per heavy atom. The third-order valence-corrected chi connectivity index (χ3v) is 1.76. The lowest BCUT2D eigenvalue weighted by Gasteiger charge is -2.05. The van der Waals surface area contributed by atoms with Crippen LogP contribution in [0.4, 0.5) is 8.78 Å². The number of carbonyl (C=O) groups excluding carboxylic acids is 1. The van der Waals surface area contributed by atoms with Crippen LogP contribution >= 0.6 is 0 Å². The molecule has 80 valence electrons. The molecule has 0 aliphatic heterocycles. The lowest BCUT2D eigenvalue weighted by atomic mass is 10.1.